The highest BCUT2D eigenvalue weighted by Gasteiger charge is 2.48. The number of likely N-dealkylation sites (tertiary alicyclic amines) is 1. The topological polar surface area (TPSA) is 29.5 Å². The van der Waals surface area contributed by atoms with Crippen molar-refractivity contribution in [3.8, 4) is 0 Å². The van der Waals surface area contributed by atoms with E-state index < -0.39 is 0 Å². The molecule has 3 rings (SSSR count). The maximum absolute atomic E-state index is 12.8. The first-order valence-corrected chi connectivity index (χ1v) is 7.53. The zero-order valence-electron chi connectivity index (χ0n) is 11.5. The van der Waals surface area contributed by atoms with Gasteiger partial charge in [0.1, 0.15) is 0 Å². The van der Waals surface area contributed by atoms with Crippen LogP contribution in [0.5, 0.6) is 0 Å². The SMILES string of the molecule is COCCC1(C(=O)N2C[C@H]3CCC[C@H]3C2)CCC1. The Morgan fingerprint density at radius 1 is 1.22 bits per heavy atom. The smallest absolute Gasteiger partial charge is 0.228 e. The van der Waals surface area contributed by atoms with E-state index in [1.807, 2.05) is 0 Å². The van der Waals surface area contributed by atoms with Gasteiger partial charge < -0.3 is 9.64 Å². The van der Waals surface area contributed by atoms with E-state index in [0.717, 1.165) is 50.8 Å². The molecule has 3 heteroatoms. The third-order valence-corrected chi connectivity index (χ3v) is 5.56. The Labute approximate surface area is 110 Å². The largest absolute Gasteiger partial charge is 0.385 e. The molecule has 0 N–H and O–H groups in total. The van der Waals surface area contributed by atoms with Crippen LogP contribution >= 0.6 is 0 Å². The normalized spacial score (nSPS) is 33.3. The number of amides is 1. The van der Waals surface area contributed by atoms with Crippen molar-refractivity contribution in [1.29, 1.82) is 0 Å². The second-order valence-corrected chi connectivity index (χ2v) is 6.54. The van der Waals surface area contributed by atoms with Gasteiger partial charge in [0.05, 0.1) is 5.41 Å². The summed E-state index contributed by atoms with van der Waals surface area (Å²) < 4.78 is 5.19. The van der Waals surface area contributed by atoms with Crippen molar-refractivity contribution in [2.45, 2.75) is 44.9 Å². The molecule has 0 unspecified atom stereocenters. The lowest BCUT2D eigenvalue weighted by Gasteiger charge is -2.43. The van der Waals surface area contributed by atoms with E-state index in [4.69, 9.17) is 4.74 Å². The number of ether oxygens (including phenoxy) is 1. The minimum Gasteiger partial charge on any atom is -0.385 e. The van der Waals surface area contributed by atoms with Crippen LogP contribution < -0.4 is 0 Å². The lowest BCUT2D eigenvalue weighted by atomic mass is 9.66. The van der Waals surface area contributed by atoms with Crippen LogP contribution in [0.4, 0.5) is 0 Å². The van der Waals surface area contributed by atoms with Crippen LogP contribution in [0, 0.1) is 17.3 Å². The summed E-state index contributed by atoms with van der Waals surface area (Å²) in [7, 11) is 1.73. The van der Waals surface area contributed by atoms with Gasteiger partial charge in [-0.3, -0.25) is 4.79 Å². The Bertz CT molecular complexity index is 312. The predicted molar refractivity (Wildman–Crippen MR) is 70.2 cm³/mol. The van der Waals surface area contributed by atoms with Crippen molar-refractivity contribution in [1.82, 2.24) is 4.90 Å². The fourth-order valence-electron chi connectivity index (χ4n) is 4.21. The first-order valence-electron chi connectivity index (χ1n) is 7.53. The predicted octanol–water partition coefficient (Wildman–Crippen LogP) is 2.45. The summed E-state index contributed by atoms with van der Waals surface area (Å²) in [6.45, 7) is 2.81. The summed E-state index contributed by atoms with van der Waals surface area (Å²) in [6.07, 6.45) is 8.39. The van der Waals surface area contributed by atoms with Gasteiger partial charge >= 0.3 is 0 Å². The molecule has 2 aliphatic carbocycles. The van der Waals surface area contributed by atoms with Gasteiger partial charge in [-0.2, -0.15) is 0 Å². The fourth-order valence-corrected chi connectivity index (χ4v) is 4.21. The van der Waals surface area contributed by atoms with Gasteiger partial charge in [-0.05, 0) is 43.9 Å². The van der Waals surface area contributed by atoms with Crippen LogP contribution in [0.15, 0.2) is 0 Å². The highest BCUT2D eigenvalue weighted by atomic mass is 16.5. The number of nitrogens with zero attached hydrogens (tertiary/aromatic N) is 1. The van der Waals surface area contributed by atoms with Crippen LogP contribution in [-0.2, 0) is 9.53 Å². The minimum atomic E-state index is -0.0470. The fraction of sp³-hybridized carbons (Fsp3) is 0.933. The molecule has 0 aromatic heterocycles. The van der Waals surface area contributed by atoms with Gasteiger partial charge in [0, 0.05) is 26.8 Å². The van der Waals surface area contributed by atoms with Gasteiger partial charge in [0.25, 0.3) is 0 Å². The molecule has 102 valence electrons. The highest BCUT2D eigenvalue weighted by Crippen LogP contribution is 2.47. The Kier molecular flexibility index (Phi) is 3.35. The van der Waals surface area contributed by atoms with E-state index in [2.05, 4.69) is 4.90 Å². The second-order valence-electron chi connectivity index (χ2n) is 6.54. The molecule has 2 saturated carbocycles. The highest BCUT2D eigenvalue weighted by molar-refractivity contribution is 5.84. The number of methoxy groups -OCH3 is 1. The maximum Gasteiger partial charge on any atom is 0.228 e. The molecule has 2 atom stereocenters. The number of carbonyl (C=O) groups excluding carboxylic acids is 1. The Morgan fingerprint density at radius 3 is 2.39 bits per heavy atom. The molecule has 18 heavy (non-hydrogen) atoms. The van der Waals surface area contributed by atoms with Crippen LogP contribution in [0.1, 0.15) is 44.9 Å². The molecular weight excluding hydrogens is 226 g/mol. The minimum absolute atomic E-state index is 0.0470. The third kappa shape index (κ3) is 1.97. The monoisotopic (exact) mass is 251 g/mol. The average Bonchev–Trinajstić information content (AvgIpc) is 2.87. The molecule has 0 aromatic rings. The molecule has 3 aliphatic rings. The number of fused-ring (bicyclic) bond motifs is 1. The van der Waals surface area contributed by atoms with Gasteiger partial charge in [-0.1, -0.05) is 12.8 Å². The lowest BCUT2D eigenvalue weighted by molar-refractivity contribution is -0.148. The van der Waals surface area contributed by atoms with Gasteiger partial charge in [0.15, 0.2) is 0 Å². The van der Waals surface area contributed by atoms with E-state index in [9.17, 15) is 4.79 Å². The van der Waals surface area contributed by atoms with Gasteiger partial charge in [0.2, 0.25) is 5.91 Å². The summed E-state index contributed by atoms with van der Waals surface area (Å²) in [5.74, 6) is 2.07. The van der Waals surface area contributed by atoms with Crippen LogP contribution in [0.3, 0.4) is 0 Å². The van der Waals surface area contributed by atoms with Crippen molar-refractivity contribution >= 4 is 5.91 Å². The Morgan fingerprint density at radius 2 is 1.89 bits per heavy atom. The molecule has 0 radical (unpaired) electrons. The third-order valence-electron chi connectivity index (χ3n) is 5.56. The maximum atomic E-state index is 12.8. The van der Waals surface area contributed by atoms with Gasteiger partial charge in [-0.15, -0.1) is 0 Å². The zero-order valence-corrected chi connectivity index (χ0v) is 11.5. The van der Waals surface area contributed by atoms with Crippen molar-refractivity contribution in [3.63, 3.8) is 0 Å². The van der Waals surface area contributed by atoms with E-state index in [1.165, 1.54) is 25.7 Å². The summed E-state index contributed by atoms with van der Waals surface area (Å²) in [4.78, 5) is 14.9. The van der Waals surface area contributed by atoms with Crippen molar-refractivity contribution in [2.24, 2.45) is 17.3 Å². The van der Waals surface area contributed by atoms with Crippen LogP contribution in [-0.4, -0.2) is 37.6 Å². The molecule has 1 saturated heterocycles. The summed E-state index contributed by atoms with van der Waals surface area (Å²) in [6, 6.07) is 0. The van der Waals surface area contributed by atoms with E-state index in [-0.39, 0.29) is 5.41 Å². The lowest BCUT2D eigenvalue weighted by Crippen LogP contribution is -2.48. The molecule has 0 spiro atoms. The molecular formula is C15H25NO2. The van der Waals surface area contributed by atoms with Crippen LogP contribution in [0.25, 0.3) is 0 Å². The first kappa shape index (κ1) is 12.5. The molecule has 0 aromatic carbocycles. The summed E-state index contributed by atoms with van der Waals surface area (Å²) in [5, 5.41) is 0. The standard InChI is InChI=1S/C15H25NO2/c1-18-9-8-15(6-3-7-15)14(17)16-10-12-4-2-5-13(12)11-16/h12-13H,2-11H2,1H3/t12-,13+. The van der Waals surface area contributed by atoms with E-state index in [1.54, 1.807) is 7.11 Å². The summed E-state index contributed by atoms with van der Waals surface area (Å²) >= 11 is 0. The van der Waals surface area contributed by atoms with Crippen molar-refractivity contribution in [2.75, 3.05) is 26.8 Å². The van der Waals surface area contributed by atoms with Crippen LogP contribution in [0.2, 0.25) is 0 Å². The number of carbonyl (C=O) groups is 1. The average molecular weight is 251 g/mol. The molecule has 3 nitrogen and oxygen atoms in total. The van der Waals surface area contributed by atoms with Crippen molar-refractivity contribution in [3.05, 3.63) is 0 Å². The zero-order chi connectivity index (χ0) is 12.6. The van der Waals surface area contributed by atoms with Gasteiger partial charge in [-0.25, -0.2) is 0 Å². The van der Waals surface area contributed by atoms with Crippen molar-refractivity contribution < 1.29 is 9.53 Å². The molecule has 0 bridgehead atoms. The Hall–Kier alpha value is -0.570. The first-order chi connectivity index (χ1) is 8.75. The molecule has 1 amide bonds. The molecule has 3 fully saturated rings. The van der Waals surface area contributed by atoms with E-state index in [0.29, 0.717) is 5.91 Å². The Balaban J connectivity index is 1.63. The number of hydrogen-bond acceptors (Lipinski definition) is 2. The number of rotatable bonds is 4. The second kappa shape index (κ2) is 4.84. The molecule has 1 aliphatic heterocycles. The summed E-state index contributed by atoms with van der Waals surface area (Å²) in [5.41, 5.74) is -0.0470. The number of hydrogen-bond donors (Lipinski definition) is 0. The molecule has 1 heterocycles. The quantitative estimate of drug-likeness (QED) is 0.768. The van der Waals surface area contributed by atoms with E-state index >= 15 is 0 Å².